The lowest BCUT2D eigenvalue weighted by molar-refractivity contribution is 0.680. The lowest BCUT2D eigenvalue weighted by Crippen LogP contribution is -2.15. The molecule has 0 heterocycles. The average Bonchev–Trinajstić information content (AvgIpc) is 2.98. The predicted molar refractivity (Wildman–Crippen MR) is 65.8 cm³/mol. The van der Waals surface area contributed by atoms with Crippen LogP contribution in [-0.4, -0.2) is 12.3 Å². The van der Waals surface area contributed by atoms with E-state index >= 15 is 0 Å². The fourth-order valence-corrected chi connectivity index (χ4v) is 2.43. The highest BCUT2D eigenvalue weighted by Gasteiger charge is 2.20. The third-order valence-electron chi connectivity index (χ3n) is 2.40. The maximum Gasteiger partial charge on any atom is 0.0219 e. The van der Waals surface area contributed by atoms with Gasteiger partial charge in [-0.05, 0) is 42.9 Å². The molecular weight excluding hydrogens is 258 g/mol. The Morgan fingerprint density at radius 1 is 1.50 bits per heavy atom. The summed E-state index contributed by atoms with van der Waals surface area (Å²) in [4.78, 5) is 1.38. The Morgan fingerprint density at radius 3 is 2.93 bits per heavy atom. The van der Waals surface area contributed by atoms with Gasteiger partial charge in [-0.1, -0.05) is 15.9 Å². The van der Waals surface area contributed by atoms with Crippen LogP contribution in [0, 0.1) is 0 Å². The molecule has 1 nitrogen and oxygen atoms in total. The van der Waals surface area contributed by atoms with Crippen molar-refractivity contribution in [3.05, 3.63) is 28.2 Å². The van der Waals surface area contributed by atoms with E-state index in [1.54, 1.807) is 0 Å². The van der Waals surface area contributed by atoms with Crippen molar-refractivity contribution >= 4 is 27.7 Å². The molecule has 2 rings (SSSR count). The van der Waals surface area contributed by atoms with E-state index in [1.165, 1.54) is 27.8 Å². The van der Waals surface area contributed by atoms with E-state index < -0.39 is 0 Å². The van der Waals surface area contributed by atoms with E-state index in [4.69, 9.17) is 0 Å². The lowest BCUT2D eigenvalue weighted by atomic mass is 10.2. The summed E-state index contributed by atoms with van der Waals surface area (Å²) in [6.07, 6.45) is 4.83. The van der Waals surface area contributed by atoms with Crippen LogP contribution in [0.5, 0.6) is 0 Å². The second-order valence-corrected chi connectivity index (χ2v) is 5.38. The van der Waals surface area contributed by atoms with E-state index in [0.29, 0.717) is 0 Å². The maximum atomic E-state index is 3.54. The molecule has 0 saturated heterocycles. The van der Waals surface area contributed by atoms with Crippen LogP contribution in [-0.2, 0) is 6.54 Å². The van der Waals surface area contributed by atoms with E-state index in [-0.39, 0.29) is 0 Å². The minimum absolute atomic E-state index is 0.781. The van der Waals surface area contributed by atoms with Gasteiger partial charge in [0, 0.05) is 22.0 Å². The van der Waals surface area contributed by atoms with Crippen LogP contribution < -0.4 is 5.32 Å². The van der Waals surface area contributed by atoms with Gasteiger partial charge in [0.15, 0.2) is 0 Å². The first-order chi connectivity index (χ1) is 6.79. The number of rotatable bonds is 4. The summed E-state index contributed by atoms with van der Waals surface area (Å²) in [7, 11) is 0. The summed E-state index contributed by atoms with van der Waals surface area (Å²) in [5.41, 5.74) is 1.40. The predicted octanol–water partition coefficient (Wildman–Crippen LogP) is 3.42. The normalized spacial score (nSPS) is 15.9. The third-order valence-corrected chi connectivity index (χ3v) is 3.73. The molecule has 0 radical (unpaired) electrons. The van der Waals surface area contributed by atoms with Gasteiger partial charge in [-0.3, -0.25) is 0 Å². The molecule has 0 aliphatic heterocycles. The lowest BCUT2D eigenvalue weighted by Gasteiger charge is -2.08. The molecule has 0 atom stereocenters. The van der Waals surface area contributed by atoms with Crippen LogP contribution >= 0.6 is 27.7 Å². The van der Waals surface area contributed by atoms with Crippen molar-refractivity contribution in [2.75, 3.05) is 6.26 Å². The summed E-state index contributed by atoms with van der Waals surface area (Å²) in [6.45, 7) is 1.00. The summed E-state index contributed by atoms with van der Waals surface area (Å²) in [6, 6.07) is 7.27. The Labute approximate surface area is 97.8 Å². The Kier molecular flexibility index (Phi) is 3.52. The van der Waals surface area contributed by atoms with Crippen molar-refractivity contribution < 1.29 is 0 Å². The first kappa shape index (κ1) is 10.5. The molecule has 0 bridgehead atoms. The molecule has 1 saturated carbocycles. The highest BCUT2D eigenvalue weighted by Crippen LogP contribution is 2.25. The molecular formula is C11H14BrNS. The van der Waals surface area contributed by atoms with Gasteiger partial charge in [0.05, 0.1) is 0 Å². The Morgan fingerprint density at radius 2 is 2.29 bits per heavy atom. The second-order valence-electron chi connectivity index (χ2n) is 3.61. The summed E-state index contributed by atoms with van der Waals surface area (Å²) in [5, 5.41) is 3.54. The fraction of sp³-hybridized carbons (Fsp3) is 0.455. The van der Waals surface area contributed by atoms with Crippen molar-refractivity contribution in [2.45, 2.75) is 30.3 Å². The molecule has 1 aliphatic rings. The Hall–Kier alpha value is 0.01000. The first-order valence-electron chi connectivity index (χ1n) is 4.85. The Bertz CT molecular complexity index is 323. The van der Waals surface area contributed by atoms with Gasteiger partial charge >= 0.3 is 0 Å². The molecule has 0 amide bonds. The average molecular weight is 272 g/mol. The highest BCUT2D eigenvalue weighted by molar-refractivity contribution is 9.10. The van der Waals surface area contributed by atoms with Gasteiger partial charge in [-0.25, -0.2) is 0 Å². The SMILES string of the molecule is CSc1ccc(Br)cc1CNC1CC1. The third kappa shape index (κ3) is 2.75. The molecule has 0 spiro atoms. The molecule has 0 aromatic heterocycles. The number of nitrogens with one attached hydrogen (secondary N) is 1. The largest absolute Gasteiger partial charge is 0.310 e. The van der Waals surface area contributed by atoms with Gasteiger partial charge in [0.1, 0.15) is 0 Å². The van der Waals surface area contributed by atoms with Crippen molar-refractivity contribution in [3.63, 3.8) is 0 Å². The van der Waals surface area contributed by atoms with Crippen molar-refractivity contribution in [2.24, 2.45) is 0 Å². The fourth-order valence-electron chi connectivity index (χ4n) is 1.43. The molecule has 14 heavy (non-hydrogen) atoms. The van der Waals surface area contributed by atoms with Crippen LogP contribution in [0.2, 0.25) is 0 Å². The molecule has 3 heteroatoms. The number of benzene rings is 1. The number of hydrogen-bond acceptors (Lipinski definition) is 2. The van der Waals surface area contributed by atoms with Crippen molar-refractivity contribution in [1.82, 2.24) is 5.32 Å². The summed E-state index contributed by atoms with van der Waals surface area (Å²) < 4.78 is 1.17. The van der Waals surface area contributed by atoms with Crippen molar-refractivity contribution in [3.8, 4) is 0 Å². The van der Waals surface area contributed by atoms with Crippen LogP contribution in [0.3, 0.4) is 0 Å². The van der Waals surface area contributed by atoms with E-state index in [0.717, 1.165) is 12.6 Å². The van der Waals surface area contributed by atoms with Crippen LogP contribution in [0.4, 0.5) is 0 Å². The molecule has 1 aromatic rings. The molecule has 1 aromatic carbocycles. The quantitative estimate of drug-likeness (QED) is 0.843. The van der Waals surface area contributed by atoms with Crippen LogP contribution in [0.1, 0.15) is 18.4 Å². The molecule has 1 aliphatic carbocycles. The minimum Gasteiger partial charge on any atom is -0.310 e. The van der Waals surface area contributed by atoms with Gasteiger partial charge in [-0.15, -0.1) is 11.8 Å². The highest BCUT2D eigenvalue weighted by atomic mass is 79.9. The van der Waals surface area contributed by atoms with E-state index in [1.807, 2.05) is 11.8 Å². The maximum absolute atomic E-state index is 3.54. The van der Waals surface area contributed by atoms with E-state index in [9.17, 15) is 0 Å². The zero-order chi connectivity index (χ0) is 9.97. The summed E-state index contributed by atoms with van der Waals surface area (Å²) in [5.74, 6) is 0. The van der Waals surface area contributed by atoms with Crippen LogP contribution in [0.15, 0.2) is 27.6 Å². The van der Waals surface area contributed by atoms with E-state index in [2.05, 4.69) is 45.7 Å². The van der Waals surface area contributed by atoms with Gasteiger partial charge in [-0.2, -0.15) is 0 Å². The van der Waals surface area contributed by atoms with Crippen molar-refractivity contribution in [1.29, 1.82) is 0 Å². The Balaban J connectivity index is 2.07. The number of halogens is 1. The first-order valence-corrected chi connectivity index (χ1v) is 6.87. The topological polar surface area (TPSA) is 12.0 Å². The monoisotopic (exact) mass is 271 g/mol. The molecule has 76 valence electrons. The molecule has 1 N–H and O–H groups in total. The molecule has 0 unspecified atom stereocenters. The number of hydrogen-bond donors (Lipinski definition) is 1. The van der Waals surface area contributed by atoms with Gasteiger partial charge in [0.2, 0.25) is 0 Å². The van der Waals surface area contributed by atoms with Gasteiger partial charge < -0.3 is 5.32 Å². The van der Waals surface area contributed by atoms with Gasteiger partial charge in [0.25, 0.3) is 0 Å². The second kappa shape index (κ2) is 4.69. The zero-order valence-electron chi connectivity index (χ0n) is 8.22. The standard InChI is InChI=1S/C11H14BrNS/c1-14-11-5-2-9(12)6-8(11)7-13-10-3-4-10/h2,5-6,10,13H,3-4,7H2,1H3. The van der Waals surface area contributed by atoms with Crippen LogP contribution in [0.25, 0.3) is 0 Å². The molecule has 1 fully saturated rings. The smallest absolute Gasteiger partial charge is 0.0219 e. The zero-order valence-corrected chi connectivity index (χ0v) is 10.6. The summed E-state index contributed by atoms with van der Waals surface area (Å²) >= 11 is 5.33. The minimum atomic E-state index is 0.781. The number of thioether (sulfide) groups is 1.